The zero-order valence-electron chi connectivity index (χ0n) is 16.2. The molecule has 2 aromatic heterocycles. The van der Waals surface area contributed by atoms with Gasteiger partial charge >= 0.3 is 0 Å². The molecule has 0 aliphatic rings. The van der Waals surface area contributed by atoms with Crippen molar-refractivity contribution in [2.45, 2.75) is 39.5 Å². The fraction of sp³-hybridized carbons (Fsp3) is 0.364. The van der Waals surface area contributed by atoms with Crippen LogP contribution in [0.25, 0.3) is 16.9 Å². The number of imidazole rings is 1. The maximum Gasteiger partial charge on any atom is 0.228 e. The Morgan fingerprint density at radius 1 is 1.22 bits per heavy atom. The first-order valence-electron chi connectivity index (χ1n) is 9.60. The molecule has 0 aliphatic carbocycles. The number of aromatic nitrogens is 2. The Labute approximate surface area is 160 Å². The van der Waals surface area contributed by atoms with Gasteiger partial charge in [-0.1, -0.05) is 44.9 Å². The molecule has 0 radical (unpaired) electrons. The lowest BCUT2D eigenvalue weighted by atomic mass is 9.98. The van der Waals surface area contributed by atoms with Crippen LogP contribution in [0.1, 0.15) is 39.5 Å². The maximum atomic E-state index is 12.9. The fourth-order valence-corrected chi connectivity index (χ4v) is 3.28. The van der Waals surface area contributed by atoms with Crippen molar-refractivity contribution in [3.8, 4) is 17.0 Å². The van der Waals surface area contributed by atoms with Crippen molar-refractivity contribution < 1.29 is 9.53 Å². The largest absolute Gasteiger partial charge is 0.497 e. The van der Waals surface area contributed by atoms with Gasteiger partial charge in [-0.3, -0.25) is 9.20 Å². The minimum atomic E-state index is 0.0115. The Morgan fingerprint density at radius 2 is 2.07 bits per heavy atom. The van der Waals surface area contributed by atoms with Crippen molar-refractivity contribution in [3.05, 3.63) is 48.7 Å². The minimum absolute atomic E-state index is 0.0115. The number of unbranched alkanes of at least 4 members (excludes halogenated alkanes) is 1. The number of hydrogen-bond donors (Lipinski definition) is 1. The molecular weight excluding hydrogens is 338 g/mol. The van der Waals surface area contributed by atoms with E-state index in [1.165, 1.54) is 0 Å². The molecular formula is C22H27N3O2. The topological polar surface area (TPSA) is 55.6 Å². The van der Waals surface area contributed by atoms with Crippen LogP contribution in [0.2, 0.25) is 0 Å². The van der Waals surface area contributed by atoms with Crippen LogP contribution in [0.5, 0.6) is 5.75 Å². The van der Waals surface area contributed by atoms with Crippen LogP contribution < -0.4 is 10.1 Å². The summed E-state index contributed by atoms with van der Waals surface area (Å²) >= 11 is 0. The number of pyridine rings is 1. The summed E-state index contributed by atoms with van der Waals surface area (Å²) in [4.78, 5) is 17.7. The second kappa shape index (κ2) is 8.71. The summed E-state index contributed by atoms with van der Waals surface area (Å²) < 4.78 is 7.28. The van der Waals surface area contributed by atoms with Crippen LogP contribution in [0.3, 0.4) is 0 Å². The van der Waals surface area contributed by atoms with E-state index in [0.29, 0.717) is 5.82 Å². The molecule has 1 unspecified atom stereocenters. The smallest absolute Gasteiger partial charge is 0.228 e. The Hall–Kier alpha value is -2.82. The number of nitrogens with one attached hydrogen (secondary N) is 1. The molecule has 2 heterocycles. The molecule has 3 aromatic rings. The first kappa shape index (κ1) is 19.0. The van der Waals surface area contributed by atoms with E-state index in [-0.39, 0.29) is 11.8 Å². The molecule has 3 rings (SSSR count). The lowest BCUT2D eigenvalue weighted by Crippen LogP contribution is -2.23. The molecule has 142 valence electrons. The van der Waals surface area contributed by atoms with Crippen LogP contribution in [-0.4, -0.2) is 22.4 Å². The van der Waals surface area contributed by atoms with E-state index in [0.717, 1.165) is 48.3 Å². The van der Waals surface area contributed by atoms with Gasteiger partial charge in [0.15, 0.2) is 0 Å². The molecule has 1 atom stereocenters. The Kier molecular flexibility index (Phi) is 6.12. The molecule has 0 saturated carbocycles. The van der Waals surface area contributed by atoms with Gasteiger partial charge in [0, 0.05) is 17.7 Å². The molecule has 27 heavy (non-hydrogen) atoms. The average molecular weight is 365 g/mol. The number of amides is 1. The average Bonchev–Trinajstić information content (AvgIpc) is 3.07. The number of anilines is 1. The van der Waals surface area contributed by atoms with Gasteiger partial charge in [0.25, 0.3) is 0 Å². The number of nitrogens with zero attached hydrogens (tertiary/aromatic N) is 2. The number of fused-ring (bicyclic) bond motifs is 1. The number of hydrogen-bond acceptors (Lipinski definition) is 3. The van der Waals surface area contributed by atoms with Crippen LogP contribution >= 0.6 is 0 Å². The van der Waals surface area contributed by atoms with E-state index >= 15 is 0 Å². The SMILES string of the molecule is CCCCC(CC)C(=O)Nc1c(-c2cccc(OC)c2)nc2ccccn12. The standard InChI is InChI=1S/C22H27N3O2/c1-4-6-10-16(5-2)22(26)24-21-20(17-11-9-12-18(15-17)27-3)23-19-13-7-8-14-25(19)21/h7-9,11-16H,4-6,10H2,1-3H3,(H,24,26). The quantitative estimate of drug-likeness (QED) is 0.599. The highest BCUT2D eigenvalue weighted by atomic mass is 16.5. The summed E-state index contributed by atoms with van der Waals surface area (Å²) in [6.07, 6.45) is 5.81. The lowest BCUT2D eigenvalue weighted by molar-refractivity contribution is -0.120. The zero-order chi connectivity index (χ0) is 19.2. The predicted molar refractivity (Wildman–Crippen MR) is 109 cm³/mol. The Balaban J connectivity index is 2.01. The van der Waals surface area contributed by atoms with Crippen LogP contribution in [0.4, 0.5) is 5.82 Å². The van der Waals surface area contributed by atoms with Crippen molar-refractivity contribution in [1.82, 2.24) is 9.38 Å². The third-order valence-electron chi connectivity index (χ3n) is 4.88. The highest BCUT2D eigenvalue weighted by molar-refractivity contribution is 5.96. The molecule has 1 N–H and O–H groups in total. The highest BCUT2D eigenvalue weighted by Crippen LogP contribution is 2.31. The number of carbonyl (C=O) groups is 1. The summed E-state index contributed by atoms with van der Waals surface area (Å²) in [5.74, 6) is 1.54. The van der Waals surface area contributed by atoms with Gasteiger partial charge < -0.3 is 10.1 Å². The van der Waals surface area contributed by atoms with Crippen LogP contribution in [-0.2, 0) is 4.79 Å². The van der Waals surface area contributed by atoms with E-state index in [1.807, 2.05) is 53.1 Å². The van der Waals surface area contributed by atoms with E-state index in [2.05, 4.69) is 19.2 Å². The van der Waals surface area contributed by atoms with Crippen molar-refractivity contribution in [3.63, 3.8) is 0 Å². The Morgan fingerprint density at radius 3 is 2.81 bits per heavy atom. The molecule has 0 bridgehead atoms. The van der Waals surface area contributed by atoms with Gasteiger partial charge in [0.05, 0.1) is 7.11 Å². The number of carbonyl (C=O) groups excluding carboxylic acids is 1. The number of benzene rings is 1. The molecule has 1 amide bonds. The minimum Gasteiger partial charge on any atom is -0.497 e. The summed E-state index contributed by atoms with van der Waals surface area (Å²) in [6, 6.07) is 13.6. The van der Waals surface area contributed by atoms with E-state index in [9.17, 15) is 4.79 Å². The Bertz CT molecular complexity index is 917. The number of rotatable bonds is 8. The predicted octanol–water partition coefficient (Wildman–Crippen LogP) is 5.16. The van der Waals surface area contributed by atoms with E-state index in [1.54, 1.807) is 7.11 Å². The molecule has 0 spiro atoms. The molecule has 0 aliphatic heterocycles. The molecule has 0 saturated heterocycles. The molecule has 5 heteroatoms. The van der Waals surface area contributed by atoms with Gasteiger partial charge in [0.1, 0.15) is 22.9 Å². The van der Waals surface area contributed by atoms with Gasteiger partial charge in [0.2, 0.25) is 5.91 Å². The monoisotopic (exact) mass is 365 g/mol. The first-order valence-corrected chi connectivity index (χ1v) is 9.60. The van der Waals surface area contributed by atoms with Gasteiger partial charge in [-0.15, -0.1) is 0 Å². The molecule has 0 fully saturated rings. The summed E-state index contributed by atoms with van der Waals surface area (Å²) in [7, 11) is 1.64. The fourth-order valence-electron chi connectivity index (χ4n) is 3.28. The van der Waals surface area contributed by atoms with Crippen LogP contribution in [0, 0.1) is 5.92 Å². The van der Waals surface area contributed by atoms with Crippen LogP contribution in [0.15, 0.2) is 48.7 Å². The van der Waals surface area contributed by atoms with Gasteiger partial charge in [-0.05, 0) is 37.1 Å². The van der Waals surface area contributed by atoms with Gasteiger partial charge in [-0.25, -0.2) is 4.98 Å². The maximum absolute atomic E-state index is 12.9. The first-order chi connectivity index (χ1) is 13.2. The normalized spacial score (nSPS) is 12.1. The van der Waals surface area contributed by atoms with Crippen molar-refractivity contribution in [1.29, 1.82) is 0 Å². The third-order valence-corrected chi connectivity index (χ3v) is 4.88. The van der Waals surface area contributed by atoms with Gasteiger partial charge in [-0.2, -0.15) is 0 Å². The number of ether oxygens (including phenoxy) is 1. The van der Waals surface area contributed by atoms with E-state index in [4.69, 9.17) is 9.72 Å². The number of methoxy groups -OCH3 is 1. The van der Waals surface area contributed by atoms with Crippen molar-refractivity contribution >= 4 is 17.4 Å². The third kappa shape index (κ3) is 4.13. The van der Waals surface area contributed by atoms with Crippen molar-refractivity contribution in [2.75, 3.05) is 12.4 Å². The lowest BCUT2D eigenvalue weighted by Gasteiger charge is -2.15. The second-order valence-electron chi connectivity index (χ2n) is 6.71. The van der Waals surface area contributed by atoms with Crippen molar-refractivity contribution in [2.24, 2.45) is 5.92 Å². The second-order valence-corrected chi connectivity index (χ2v) is 6.71. The molecule has 5 nitrogen and oxygen atoms in total. The molecule has 1 aromatic carbocycles. The summed E-state index contributed by atoms with van der Waals surface area (Å²) in [6.45, 7) is 4.22. The zero-order valence-corrected chi connectivity index (χ0v) is 16.2. The summed E-state index contributed by atoms with van der Waals surface area (Å²) in [5, 5.41) is 3.15. The summed E-state index contributed by atoms with van der Waals surface area (Å²) in [5.41, 5.74) is 2.46. The van der Waals surface area contributed by atoms with E-state index < -0.39 is 0 Å². The highest BCUT2D eigenvalue weighted by Gasteiger charge is 2.21.